The lowest BCUT2D eigenvalue weighted by Crippen LogP contribution is -2.53. The smallest absolute Gasteiger partial charge is 0.237 e. The largest absolute Gasteiger partial charge is 0.381 e. The Balaban J connectivity index is 0.00000161. The second kappa shape index (κ2) is 7.77. The van der Waals surface area contributed by atoms with E-state index in [-0.39, 0.29) is 36.3 Å². The van der Waals surface area contributed by atoms with Gasteiger partial charge in [-0.15, -0.1) is 12.4 Å². The molecule has 0 aromatic heterocycles. The van der Waals surface area contributed by atoms with Crippen molar-refractivity contribution in [3.05, 3.63) is 0 Å². The molecule has 4 unspecified atom stereocenters. The molecule has 3 N–H and O–H groups in total. The van der Waals surface area contributed by atoms with E-state index in [4.69, 9.17) is 15.2 Å². The molecule has 3 fully saturated rings. The van der Waals surface area contributed by atoms with Crippen LogP contribution in [-0.2, 0) is 14.3 Å². The lowest BCUT2D eigenvalue weighted by Gasteiger charge is -2.35. The van der Waals surface area contributed by atoms with Gasteiger partial charge in [-0.05, 0) is 44.4 Å². The summed E-state index contributed by atoms with van der Waals surface area (Å²) in [5.74, 6) is 0.784. The lowest BCUT2D eigenvalue weighted by molar-refractivity contribution is -0.126. The minimum absolute atomic E-state index is 0. The van der Waals surface area contributed by atoms with Crippen molar-refractivity contribution >= 4 is 18.3 Å². The minimum Gasteiger partial charge on any atom is -0.381 e. The zero-order valence-corrected chi connectivity index (χ0v) is 13.3. The molecule has 0 spiro atoms. The van der Waals surface area contributed by atoms with Gasteiger partial charge in [0.1, 0.15) is 0 Å². The highest BCUT2D eigenvalue weighted by molar-refractivity contribution is 5.85. The molecule has 122 valence electrons. The monoisotopic (exact) mass is 318 g/mol. The van der Waals surface area contributed by atoms with E-state index in [1.807, 2.05) is 0 Å². The summed E-state index contributed by atoms with van der Waals surface area (Å²) in [6, 6.07) is -0.128. The quantitative estimate of drug-likeness (QED) is 0.821. The highest BCUT2D eigenvalue weighted by Gasteiger charge is 2.39. The van der Waals surface area contributed by atoms with Gasteiger partial charge in [0.2, 0.25) is 5.91 Å². The molecule has 0 aromatic rings. The molecule has 3 aliphatic rings. The fraction of sp³-hybridized carbons (Fsp3) is 0.933. The van der Waals surface area contributed by atoms with Gasteiger partial charge in [0.25, 0.3) is 0 Å². The molecular weight excluding hydrogens is 292 g/mol. The minimum atomic E-state index is -0.387. The normalized spacial score (nSPS) is 34.6. The number of carbonyl (C=O) groups excluding carboxylic acids is 1. The van der Waals surface area contributed by atoms with Crippen molar-refractivity contribution in [3.8, 4) is 0 Å². The number of rotatable bonds is 3. The number of carbonyl (C=O) groups is 1. The summed E-state index contributed by atoms with van der Waals surface area (Å²) in [5, 5.41) is 3.20. The lowest BCUT2D eigenvalue weighted by atomic mass is 9.81. The van der Waals surface area contributed by atoms with Crippen molar-refractivity contribution in [1.29, 1.82) is 0 Å². The molecule has 4 atom stereocenters. The number of halogens is 1. The van der Waals surface area contributed by atoms with Crippen LogP contribution in [0.5, 0.6) is 0 Å². The Morgan fingerprint density at radius 1 is 1.10 bits per heavy atom. The van der Waals surface area contributed by atoms with E-state index in [0.29, 0.717) is 12.0 Å². The average molecular weight is 319 g/mol. The molecule has 3 rings (SSSR count). The van der Waals surface area contributed by atoms with E-state index in [0.717, 1.165) is 58.3 Å². The van der Waals surface area contributed by atoms with Crippen molar-refractivity contribution in [2.45, 2.75) is 56.7 Å². The summed E-state index contributed by atoms with van der Waals surface area (Å²) < 4.78 is 11.1. The Labute approximate surface area is 132 Å². The molecule has 6 heteroatoms. The maximum Gasteiger partial charge on any atom is 0.237 e. The third-order valence-electron chi connectivity index (χ3n) is 5.19. The number of hydrogen-bond acceptors (Lipinski definition) is 4. The Bertz CT molecular complexity index is 350. The van der Waals surface area contributed by atoms with Crippen molar-refractivity contribution in [2.75, 3.05) is 19.8 Å². The number of nitrogens with one attached hydrogen (secondary N) is 1. The molecule has 21 heavy (non-hydrogen) atoms. The first-order valence-electron chi connectivity index (χ1n) is 8.01. The SMILES string of the molecule is Cl.NC(C(=O)NC1CCCC2OCCC12)C1CCOCC1. The van der Waals surface area contributed by atoms with Gasteiger partial charge in [0, 0.05) is 31.8 Å². The number of hydrogen-bond donors (Lipinski definition) is 2. The molecule has 0 radical (unpaired) electrons. The Kier molecular flexibility index (Phi) is 6.29. The number of fused-ring (bicyclic) bond motifs is 1. The molecular formula is C15H27ClN2O3. The fourth-order valence-electron chi connectivity index (χ4n) is 3.92. The highest BCUT2D eigenvalue weighted by Crippen LogP contribution is 2.34. The van der Waals surface area contributed by atoms with Crippen molar-refractivity contribution in [1.82, 2.24) is 5.32 Å². The topological polar surface area (TPSA) is 73.6 Å². The summed E-state index contributed by atoms with van der Waals surface area (Å²) in [6.45, 7) is 2.30. The molecule has 2 aliphatic heterocycles. The van der Waals surface area contributed by atoms with Gasteiger partial charge >= 0.3 is 0 Å². The van der Waals surface area contributed by atoms with Crippen LogP contribution in [0, 0.1) is 11.8 Å². The maximum atomic E-state index is 12.4. The van der Waals surface area contributed by atoms with Gasteiger partial charge in [-0.1, -0.05) is 0 Å². The van der Waals surface area contributed by atoms with Crippen LogP contribution in [0.1, 0.15) is 38.5 Å². The predicted molar refractivity (Wildman–Crippen MR) is 82.4 cm³/mol. The third kappa shape index (κ3) is 3.89. The van der Waals surface area contributed by atoms with E-state index in [2.05, 4.69) is 5.32 Å². The zero-order valence-electron chi connectivity index (χ0n) is 12.5. The van der Waals surface area contributed by atoms with Crippen molar-refractivity contribution in [3.63, 3.8) is 0 Å². The van der Waals surface area contributed by atoms with E-state index in [1.54, 1.807) is 0 Å². The summed E-state index contributed by atoms with van der Waals surface area (Å²) in [5.41, 5.74) is 6.15. The van der Waals surface area contributed by atoms with Crippen LogP contribution in [0.25, 0.3) is 0 Å². The maximum absolute atomic E-state index is 12.4. The summed E-state index contributed by atoms with van der Waals surface area (Å²) in [4.78, 5) is 12.4. The number of nitrogens with two attached hydrogens (primary N) is 1. The predicted octanol–water partition coefficient (Wildman–Crippen LogP) is 1.24. The van der Waals surface area contributed by atoms with E-state index in [9.17, 15) is 4.79 Å². The molecule has 0 bridgehead atoms. The zero-order chi connectivity index (χ0) is 13.9. The van der Waals surface area contributed by atoms with Crippen LogP contribution >= 0.6 is 12.4 Å². The molecule has 2 saturated heterocycles. The first kappa shape index (κ1) is 17.0. The van der Waals surface area contributed by atoms with Gasteiger partial charge in [-0.2, -0.15) is 0 Å². The first-order chi connectivity index (χ1) is 9.75. The fourth-order valence-corrected chi connectivity index (χ4v) is 3.92. The molecule has 1 aliphatic carbocycles. The van der Waals surface area contributed by atoms with Crippen LogP contribution in [0.15, 0.2) is 0 Å². The van der Waals surface area contributed by atoms with E-state index >= 15 is 0 Å². The second-order valence-corrected chi connectivity index (χ2v) is 6.38. The molecule has 0 aromatic carbocycles. The van der Waals surface area contributed by atoms with Crippen molar-refractivity contribution < 1.29 is 14.3 Å². The highest BCUT2D eigenvalue weighted by atomic mass is 35.5. The van der Waals surface area contributed by atoms with Crippen LogP contribution in [-0.4, -0.2) is 43.9 Å². The average Bonchev–Trinajstić information content (AvgIpc) is 2.97. The Morgan fingerprint density at radius 3 is 2.62 bits per heavy atom. The van der Waals surface area contributed by atoms with Gasteiger partial charge in [0.05, 0.1) is 12.1 Å². The third-order valence-corrected chi connectivity index (χ3v) is 5.19. The number of amides is 1. The summed E-state index contributed by atoms with van der Waals surface area (Å²) in [6.07, 6.45) is 6.57. The van der Waals surface area contributed by atoms with Gasteiger partial charge in [-0.25, -0.2) is 0 Å². The first-order valence-corrected chi connectivity index (χ1v) is 8.01. The van der Waals surface area contributed by atoms with Gasteiger partial charge < -0.3 is 20.5 Å². The van der Waals surface area contributed by atoms with Crippen LogP contribution in [0.3, 0.4) is 0 Å². The van der Waals surface area contributed by atoms with Gasteiger partial charge in [-0.3, -0.25) is 4.79 Å². The van der Waals surface area contributed by atoms with Crippen molar-refractivity contribution in [2.24, 2.45) is 17.6 Å². The second-order valence-electron chi connectivity index (χ2n) is 6.38. The van der Waals surface area contributed by atoms with E-state index < -0.39 is 0 Å². The number of ether oxygens (including phenoxy) is 2. The van der Waals surface area contributed by atoms with E-state index in [1.165, 1.54) is 0 Å². The van der Waals surface area contributed by atoms with Gasteiger partial charge in [0.15, 0.2) is 0 Å². The molecule has 2 heterocycles. The molecule has 1 saturated carbocycles. The summed E-state index contributed by atoms with van der Waals surface area (Å²) >= 11 is 0. The van der Waals surface area contributed by atoms with Crippen LogP contribution < -0.4 is 11.1 Å². The summed E-state index contributed by atoms with van der Waals surface area (Å²) in [7, 11) is 0. The molecule has 1 amide bonds. The van der Waals surface area contributed by atoms with Crippen LogP contribution in [0.2, 0.25) is 0 Å². The van der Waals surface area contributed by atoms with Crippen LogP contribution in [0.4, 0.5) is 0 Å². The molecule has 5 nitrogen and oxygen atoms in total. The Morgan fingerprint density at radius 2 is 1.86 bits per heavy atom. The Hall–Kier alpha value is -0.360. The standard InChI is InChI=1S/C15H26N2O3.ClH/c16-14(10-4-7-19-8-5-10)15(18)17-12-2-1-3-13-11(12)6-9-20-13;/h10-14H,1-9,16H2,(H,17,18);1H.